The molecule has 2 aromatic carbocycles. The summed E-state index contributed by atoms with van der Waals surface area (Å²) >= 11 is 0. The van der Waals surface area contributed by atoms with Crippen molar-refractivity contribution in [2.24, 2.45) is 0 Å². The standard InChI is InChI=1S/C21H28N2O2S/c1-17-8-7-11-21(14-17)26(24,25)23(3)20-13-12-19(15-20)22(2)16-18-9-5-4-6-10-18/h4-11,14,19-20H,12-13,15-16H2,1-3H3. The van der Waals surface area contributed by atoms with E-state index in [2.05, 4.69) is 36.2 Å². The molecular weight excluding hydrogens is 344 g/mol. The van der Waals surface area contributed by atoms with Gasteiger partial charge in [-0.05, 0) is 56.5 Å². The van der Waals surface area contributed by atoms with Crippen molar-refractivity contribution in [1.29, 1.82) is 0 Å². The molecule has 0 spiro atoms. The molecule has 0 aromatic heterocycles. The molecule has 2 atom stereocenters. The molecule has 1 fully saturated rings. The molecule has 3 rings (SSSR count). The molecule has 0 heterocycles. The van der Waals surface area contributed by atoms with E-state index in [9.17, 15) is 8.42 Å². The first kappa shape index (κ1) is 19.1. The molecule has 2 aromatic rings. The van der Waals surface area contributed by atoms with Crippen LogP contribution in [0.25, 0.3) is 0 Å². The number of benzene rings is 2. The van der Waals surface area contributed by atoms with Crippen LogP contribution >= 0.6 is 0 Å². The summed E-state index contributed by atoms with van der Waals surface area (Å²) in [5, 5.41) is 0. The average Bonchev–Trinajstić information content (AvgIpc) is 3.12. The minimum atomic E-state index is -3.44. The van der Waals surface area contributed by atoms with Crippen LogP contribution in [0.3, 0.4) is 0 Å². The normalized spacial score (nSPS) is 20.8. The van der Waals surface area contributed by atoms with E-state index >= 15 is 0 Å². The van der Waals surface area contributed by atoms with E-state index in [1.165, 1.54) is 5.56 Å². The minimum absolute atomic E-state index is 0.0590. The number of aryl methyl sites for hydroxylation is 1. The molecule has 1 aliphatic rings. The lowest BCUT2D eigenvalue weighted by atomic mass is 10.1. The zero-order valence-electron chi connectivity index (χ0n) is 15.8. The van der Waals surface area contributed by atoms with Gasteiger partial charge in [0.25, 0.3) is 0 Å². The van der Waals surface area contributed by atoms with Crippen LogP contribution in [0.4, 0.5) is 0 Å². The van der Waals surface area contributed by atoms with Gasteiger partial charge in [-0.2, -0.15) is 4.31 Å². The highest BCUT2D eigenvalue weighted by Gasteiger charge is 2.35. The fraction of sp³-hybridized carbons (Fsp3) is 0.429. The predicted octanol–water partition coefficient (Wildman–Crippen LogP) is 3.67. The van der Waals surface area contributed by atoms with E-state index in [1.807, 2.05) is 19.1 Å². The van der Waals surface area contributed by atoms with E-state index < -0.39 is 10.0 Å². The van der Waals surface area contributed by atoms with E-state index in [4.69, 9.17) is 0 Å². The molecule has 0 saturated heterocycles. The van der Waals surface area contributed by atoms with Crippen molar-refractivity contribution in [3.8, 4) is 0 Å². The molecule has 0 amide bonds. The number of rotatable bonds is 6. The molecule has 0 bridgehead atoms. The lowest BCUT2D eigenvalue weighted by molar-refractivity contribution is 0.228. The molecule has 0 N–H and O–H groups in total. The third-order valence-corrected chi connectivity index (χ3v) is 7.36. The highest BCUT2D eigenvalue weighted by Crippen LogP contribution is 2.30. The molecule has 4 nitrogen and oxygen atoms in total. The Morgan fingerprint density at radius 3 is 2.35 bits per heavy atom. The topological polar surface area (TPSA) is 40.6 Å². The monoisotopic (exact) mass is 372 g/mol. The number of sulfonamides is 1. The smallest absolute Gasteiger partial charge is 0.243 e. The Morgan fingerprint density at radius 1 is 0.962 bits per heavy atom. The SMILES string of the molecule is Cc1cccc(S(=O)(=O)N(C)C2CCC(N(C)Cc3ccccc3)C2)c1. The van der Waals surface area contributed by atoms with E-state index in [0.29, 0.717) is 10.9 Å². The molecule has 0 aliphatic heterocycles. The highest BCUT2D eigenvalue weighted by molar-refractivity contribution is 7.89. The predicted molar refractivity (Wildman–Crippen MR) is 105 cm³/mol. The summed E-state index contributed by atoms with van der Waals surface area (Å²) in [7, 11) is 0.420. The van der Waals surface area contributed by atoms with Crippen LogP contribution in [0.15, 0.2) is 59.5 Å². The van der Waals surface area contributed by atoms with Crippen molar-refractivity contribution in [3.05, 3.63) is 65.7 Å². The van der Waals surface area contributed by atoms with E-state index in [-0.39, 0.29) is 6.04 Å². The van der Waals surface area contributed by atoms with Gasteiger partial charge >= 0.3 is 0 Å². The largest absolute Gasteiger partial charge is 0.299 e. The van der Waals surface area contributed by atoms with Gasteiger partial charge in [0.1, 0.15) is 0 Å². The molecule has 5 heteroatoms. The molecule has 26 heavy (non-hydrogen) atoms. The Kier molecular flexibility index (Phi) is 5.80. The summed E-state index contributed by atoms with van der Waals surface area (Å²) in [6.07, 6.45) is 2.82. The van der Waals surface area contributed by atoms with Crippen LogP contribution < -0.4 is 0 Å². The first-order valence-electron chi connectivity index (χ1n) is 9.17. The van der Waals surface area contributed by atoms with Crippen molar-refractivity contribution in [2.45, 2.75) is 49.7 Å². The Morgan fingerprint density at radius 2 is 1.65 bits per heavy atom. The van der Waals surface area contributed by atoms with Crippen molar-refractivity contribution >= 4 is 10.0 Å². The molecule has 140 valence electrons. The van der Waals surface area contributed by atoms with Crippen molar-refractivity contribution in [2.75, 3.05) is 14.1 Å². The molecule has 0 radical (unpaired) electrons. The second-order valence-electron chi connectivity index (χ2n) is 7.36. The van der Waals surface area contributed by atoms with Gasteiger partial charge in [0.15, 0.2) is 0 Å². The lowest BCUT2D eigenvalue weighted by Gasteiger charge is -2.27. The van der Waals surface area contributed by atoms with Gasteiger partial charge in [0.05, 0.1) is 4.90 Å². The summed E-state index contributed by atoms with van der Waals surface area (Å²) in [6, 6.07) is 18.1. The number of hydrogen-bond acceptors (Lipinski definition) is 3. The quantitative estimate of drug-likeness (QED) is 0.777. The van der Waals surface area contributed by atoms with Gasteiger partial charge in [-0.15, -0.1) is 0 Å². The maximum absolute atomic E-state index is 13.0. The third-order valence-electron chi connectivity index (χ3n) is 5.46. The van der Waals surface area contributed by atoms with Crippen LogP contribution in [-0.4, -0.2) is 43.8 Å². The zero-order valence-corrected chi connectivity index (χ0v) is 16.6. The summed E-state index contributed by atoms with van der Waals surface area (Å²) in [5.41, 5.74) is 2.26. The van der Waals surface area contributed by atoms with Crippen LogP contribution in [-0.2, 0) is 16.6 Å². The zero-order chi connectivity index (χ0) is 18.7. The summed E-state index contributed by atoms with van der Waals surface area (Å²) < 4.78 is 27.5. The van der Waals surface area contributed by atoms with Crippen molar-refractivity contribution in [3.63, 3.8) is 0 Å². The van der Waals surface area contributed by atoms with Crippen LogP contribution in [0.5, 0.6) is 0 Å². The van der Waals surface area contributed by atoms with E-state index in [0.717, 1.165) is 31.4 Å². The summed E-state index contributed by atoms with van der Waals surface area (Å²) in [6.45, 7) is 2.82. The molecule has 2 unspecified atom stereocenters. The van der Waals surface area contributed by atoms with Crippen molar-refractivity contribution in [1.82, 2.24) is 9.21 Å². The third kappa shape index (κ3) is 4.17. The Labute approximate surface area is 157 Å². The molecule has 1 aliphatic carbocycles. The number of hydrogen-bond donors (Lipinski definition) is 0. The summed E-state index contributed by atoms with van der Waals surface area (Å²) in [5.74, 6) is 0. The minimum Gasteiger partial charge on any atom is -0.299 e. The second kappa shape index (κ2) is 7.91. The van der Waals surface area contributed by atoms with Crippen LogP contribution in [0, 0.1) is 6.92 Å². The fourth-order valence-electron chi connectivity index (χ4n) is 3.80. The van der Waals surface area contributed by atoms with Gasteiger partial charge in [0, 0.05) is 25.7 Å². The lowest BCUT2D eigenvalue weighted by Crippen LogP contribution is -2.37. The Balaban J connectivity index is 1.66. The maximum atomic E-state index is 13.0. The first-order valence-corrected chi connectivity index (χ1v) is 10.6. The van der Waals surface area contributed by atoms with Gasteiger partial charge in [-0.1, -0.05) is 42.5 Å². The van der Waals surface area contributed by atoms with Crippen LogP contribution in [0.1, 0.15) is 30.4 Å². The second-order valence-corrected chi connectivity index (χ2v) is 9.36. The Hall–Kier alpha value is -1.69. The Bertz CT molecular complexity index is 836. The van der Waals surface area contributed by atoms with E-state index in [1.54, 1.807) is 29.6 Å². The van der Waals surface area contributed by atoms with Gasteiger partial charge in [-0.3, -0.25) is 4.90 Å². The molecule has 1 saturated carbocycles. The first-order chi connectivity index (χ1) is 12.4. The van der Waals surface area contributed by atoms with Gasteiger partial charge in [-0.25, -0.2) is 8.42 Å². The fourth-order valence-corrected chi connectivity index (χ4v) is 5.31. The van der Waals surface area contributed by atoms with Crippen molar-refractivity contribution < 1.29 is 8.42 Å². The highest BCUT2D eigenvalue weighted by atomic mass is 32.2. The summed E-state index contributed by atoms with van der Waals surface area (Å²) in [4.78, 5) is 2.74. The molecular formula is C21H28N2O2S. The maximum Gasteiger partial charge on any atom is 0.243 e. The van der Waals surface area contributed by atoms with Gasteiger partial charge in [0.2, 0.25) is 10.0 Å². The van der Waals surface area contributed by atoms with Gasteiger partial charge < -0.3 is 0 Å². The number of nitrogens with zero attached hydrogens (tertiary/aromatic N) is 2. The average molecular weight is 373 g/mol. The van der Waals surface area contributed by atoms with Crippen LogP contribution in [0.2, 0.25) is 0 Å².